The fourth-order valence-electron chi connectivity index (χ4n) is 2.94. The minimum atomic E-state index is -0.641. The Hall–Kier alpha value is -3.58. The van der Waals surface area contributed by atoms with Crippen LogP contribution in [0, 0.1) is 0 Å². The molecule has 4 rings (SSSR count). The van der Waals surface area contributed by atoms with Gasteiger partial charge < -0.3 is 18.9 Å². The summed E-state index contributed by atoms with van der Waals surface area (Å²) < 4.78 is 21.7. The van der Waals surface area contributed by atoms with Gasteiger partial charge in [0.1, 0.15) is 28.6 Å². The highest BCUT2D eigenvalue weighted by molar-refractivity contribution is 7.10. The number of ether oxygens (including phenoxy) is 4. The Morgan fingerprint density at radius 2 is 1.79 bits per heavy atom. The van der Waals surface area contributed by atoms with E-state index in [0.717, 1.165) is 4.88 Å². The van der Waals surface area contributed by atoms with E-state index >= 15 is 0 Å². The van der Waals surface area contributed by atoms with Crippen molar-refractivity contribution in [3.63, 3.8) is 0 Å². The molecule has 0 N–H and O–H groups in total. The van der Waals surface area contributed by atoms with Crippen molar-refractivity contribution in [1.29, 1.82) is 0 Å². The molecule has 0 atom stereocenters. The lowest BCUT2D eigenvalue weighted by Crippen LogP contribution is -2.12. The van der Waals surface area contributed by atoms with Crippen molar-refractivity contribution in [3.05, 3.63) is 75.7 Å². The third kappa shape index (κ3) is 3.60. The summed E-state index contributed by atoms with van der Waals surface area (Å²) in [4.78, 5) is 26.1. The van der Waals surface area contributed by atoms with Crippen molar-refractivity contribution in [2.75, 3.05) is 14.2 Å². The molecular formula is C22H16O6S. The summed E-state index contributed by atoms with van der Waals surface area (Å²) in [6.45, 7) is 0. The number of esters is 1. The van der Waals surface area contributed by atoms with Gasteiger partial charge in [0.05, 0.1) is 19.8 Å². The molecule has 2 aromatic carbocycles. The molecule has 0 unspecified atom stereocenters. The lowest BCUT2D eigenvalue weighted by Gasteiger charge is -2.12. The van der Waals surface area contributed by atoms with Crippen LogP contribution in [0.2, 0.25) is 0 Å². The van der Waals surface area contributed by atoms with Gasteiger partial charge in [0.25, 0.3) is 0 Å². The fraction of sp³-hybridized carbons (Fsp3) is 0.0909. The van der Waals surface area contributed by atoms with Crippen LogP contribution in [0.25, 0.3) is 6.08 Å². The summed E-state index contributed by atoms with van der Waals surface area (Å²) in [6, 6.07) is 13.4. The van der Waals surface area contributed by atoms with Crippen molar-refractivity contribution in [1.82, 2.24) is 0 Å². The van der Waals surface area contributed by atoms with Crippen molar-refractivity contribution in [3.8, 4) is 23.0 Å². The summed E-state index contributed by atoms with van der Waals surface area (Å²) >= 11 is 1.50. The highest BCUT2D eigenvalue weighted by Gasteiger charge is 2.28. The average molecular weight is 408 g/mol. The zero-order chi connectivity index (χ0) is 20.4. The van der Waals surface area contributed by atoms with E-state index in [1.54, 1.807) is 36.4 Å². The van der Waals surface area contributed by atoms with E-state index in [-0.39, 0.29) is 22.9 Å². The van der Waals surface area contributed by atoms with Gasteiger partial charge in [-0.25, -0.2) is 4.79 Å². The second-order valence-electron chi connectivity index (χ2n) is 6.04. The number of fused-ring (bicyclic) bond motifs is 1. The number of methoxy groups -OCH3 is 2. The number of ketones is 1. The number of hydrogen-bond acceptors (Lipinski definition) is 7. The summed E-state index contributed by atoms with van der Waals surface area (Å²) in [5.74, 6) is 0.640. The van der Waals surface area contributed by atoms with Crippen LogP contribution in [0.15, 0.2) is 59.7 Å². The molecule has 2 heterocycles. The lowest BCUT2D eigenvalue weighted by molar-refractivity contribution is 0.0727. The second kappa shape index (κ2) is 7.81. The normalized spacial score (nSPS) is 13.7. The molecule has 0 fully saturated rings. The van der Waals surface area contributed by atoms with Gasteiger partial charge in [-0.05, 0) is 35.7 Å². The largest absolute Gasteiger partial charge is 0.496 e. The summed E-state index contributed by atoms with van der Waals surface area (Å²) in [6.07, 6.45) is 1.69. The van der Waals surface area contributed by atoms with Gasteiger partial charge in [-0.15, -0.1) is 11.3 Å². The monoisotopic (exact) mass is 408 g/mol. The minimum Gasteiger partial charge on any atom is -0.496 e. The molecule has 0 aliphatic carbocycles. The number of hydrogen-bond donors (Lipinski definition) is 0. The van der Waals surface area contributed by atoms with Gasteiger partial charge in [-0.1, -0.05) is 12.1 Å². The van der Waals surface area contributed by atoms with Crippen LogP contribution in [0.5, 0.6) is 23.0 Å². The van der Waals surface area contributed by atoms with Crippen LogP contribution < -0.4 is 18.9 Å². The summed E-state index contributed by atoms with van der Waals surface area (Å²) in [5.41, 5.74) is 0.593. The first-order valence-corrected chi connectivity index (χ1v) is 9.53. The van der Waals surface area contributed by atoms with Gasteiger partial charge in [0.15, 0.2) is 5.76 Å². The van der Waals surface area contributed by atoms with Crippen LogP contribution in [-0.4, -0.2) is 26.0 Å². The third-order valence-corrected chi connectivity index (χ3v) is 5.12. The highest BCUT2D eigenvalue weighted by atomic mass is 32.1. The van der Waals surface area contributed by atoms with Crippen LogP contribution in [0.4, 0.5) is 0 Å². The molecule has 29 heavy (non-hydrogen) atoms. The molecule has 0 saturated carbocycles. The van der Waals surface area contributed by atoms with Gasteiger partial charge in [0.2, 0.25) is 5.78 Å². The van der Waals surface area contributed by atoms with Crippen LogP contribution in [-0.2, 0) is 0 Å². The second-order valence-corrected chi connectivity index (χ2v) is 7.02. The molecule has 7 heteroatoms. The first-order valence-electron chi connectivity index (χ1n) is 8.65. The number of carbonyl (C=O) groups excluding carboxylic acids is 2. The molecular weight excluding hydrogens is 392 g/mol. The maximum atomic E-state index is 12.7. The number of Topliss-reactive ketones (excluding diaryl/α,β-unsaturated/α-hetero) is 1. The number of benzene rings is 2. The Morgan fingerprint density at radius 3 is 2.45 bits per heavy atom. The topological polar surface area (TPSA) is 71.1 Å². The van der Waals surface area contributed by atoms with Crippen LogP contribution in [0.1, 0.15) is 25.6 Å². The Bertz CT molecular complexity index is 1090. The number of carbonyl (C=O) groups is 2. The van der Waals surface area contributed by atoms with E-state index in [9.17, 15) is 9.59 Å². The Kier molecular flexibility index (Phi) is 5.05. The number of thiophene rings is 1. The fourth-order valence-corrected chi connectivity index (χ4v) is 3.59. The SMILES string of the molecule is COc1cccc(OC)c1C(=O)Oc1ccc2c(c1)O/C(=C\c1cccs1)C2=O. The van der Waals surface area contributed by atoms with E-state index in [1.807, 2.05) is 17.5 Å². The van der Waals surface area contributed by atoms with Crippen LogP contribution in [0.3, 0.4) is 0 Å². The Morgan fingerprint density at radius 1 is 1.03 bits per heavy atom. The van der Waals surface area contributed by atoms with Crippen molar-refractivity contribution in [2.45, 2.75) is 0 Å². The average Bonchev–Trinajstić information content (AvgIpc) is 3.35. The first kappa shape index (κ1) is 18.8. The quantitative estimate of drug-likeness (QED) is 0.349. The zero-order valence-corrected chi connectivity index (χ0v) is 16.4. The van der Waals surface area contributed by atoms with E-state index in [2.05, 4.69) is 0 Å². The smallest absolute Gasteiger partial charge is 0.351 e. The van der Waals surface area contributed by atoms with Crippen LogP contribution >= 0.6 is 11.3 Å². The maximum absolute atomic E-state index is 12.7. The molecule has 0 radical (unpaired) electrons. The molecule has 0 amide bonds. The van der Waals surface area contributed by atoms with E-state index in [1.165, 1.54) is 31.6 Å². The number of allylic oxidation sites excluding steroid dienone is 1. The molecule has 0 bridgehead atoms. The molecule has 0 saturated heterocycles. The van der Waals surface area contributed by atoms with Gasteiger partial charge in [-0.3, -0.25) is 4.79 Å². The summed E-state index contributed by atoms with van der Waals surface area (Å²) in [7, 11) is 2.92. The van der Waals surface area contributed by atoms with E-state index in [0.29, 0.717) is 22.8 Å². The van der Waals surface area contributed by atoms with Crippen molar-refractivity contribution >= 4 is 29.2 Å². The molecule has 1 aromatic heterocycles. The van der Waals surface area contributed by atoms with Gasteiger partial charge in [-0.2, -0.15) is 0 Å². The van der Waals surface area contributed by atoms with Gasteiger partial charge in [0, 0.05) is 17.0 Å². The van der Waals surface area contributed by atoms with Crippen molar-refractivity contribution in [2.24, 2.45) is 0 Å². The molecule has 1 aliphatic heterocycles. The summed E-state index contributed by atoms with van der Waals surface area (Å²) in [5, 5.41) is 1.92. The first-order chi connectivity index (χ1) is 14.1. The predicted molar refractivity (Wildman–Crippen MR) is 108 cm³/mol. The molecule has 0 spiro atoms. The lowest BCUT2D eigenvalue weighted by atomic mass is 10.1. The minimum absolute atomic E-state index is 0.174. The Balaban J connectivity index is 1.59. The maximum Gasteiger partial charge on any atom is 0.351 e. The predicted octanol–water partition coefficient (Wildman–Crippen LogP) is 4.60. The number of rotatable bonds is 5. The highest BCUT2D eigenvalue weighted by Crippen LogP contribution is 2.36. The molecule has 6 nitrogen and oxygen atoms in total. The van der Waals surface area contributed by atoms with E-state index < -0.39 is 5.97 Å². The zero-order valence-electron chi connectivity index (χ0n) is 15.6. The molecule has 1 aliphatic rings. The van der Waals surface area contributed by atoms with Gasteiger partial charge >= 0.3 is 5.97 Å². The van der Waals surface area contributed by atoms with E-state index in [4.69, 9.17) is 18.9 Å². The molecule has 146 valence electrons. The molecule has 3 aromatic rings. The Labute approximate surface area is 170 Å². The van der Waals surface area contributed by atoms with Crippen molar-refractivity contribution < 1.29 is 28.5 Å². The standard InChI is InChI=1S/C22H16O6S/c1-25-16-6-3-7-17(26-2)20(16)22(24)27-13-8-9-15-18(11-13)28-19(21(15)23)12-14-5-4-10-29-14/h3-12H,1-2H3/b19-12-. The third-order valence-electron chi connectivity index (χ3n) is 4.30.